The highest BCUT2D eigenvalue weighted by atomic mass is 15.1. The van der Waals surface area contributed by atoms with Crippen LogP contribution in [0.15, 0.2) is 0 Å². The van der Waals surface area contributed by atoms with Gasteiger partial charge >= 0.3 is 0 Å². The molecule has 9 heterocycles. The van der Waals surface area contributed by atoms with Crippen LogP contribution in [0.3, 0.4) is 0 Å². The first-order chi connectivity index (χ1) is 33.5. The van der Waals surface area contributed by atoms with Gasteiger partial charge in [-0.05, 0) is 51.4 Å². The Balaban J connectivity index is 1.22. The molecule has 7 aromatic heterocycles. The maximum atomic E-state index is 5.52. The van der Waals surface area contributed by atoms with Crippen molar-refractivity contribution in [3.05, 3.63) is 45.6 Å². The van der Waals surface area contributed by atoms with Crippen LogP contribution in [-0.2, 0) is 43.3 Å². The molecule has 72 heavy (non-hydrogen) atoms. The van der Waals surface area contributed by atoms with Crippen LogP contribution >= 0.6 is 0 Å². The third kappa shape index (κ3) is 6.40. The summed E-state index contributed by atoms with van der Waals surface area (Å²) in [7, 11) is 0. The molecule has 7 aromatic rings. The van der Waals surface area contributed by atoms with E-state index in [2.05, 4.69) is 121 Å². The lowest BCUT2D eigenvalue weighted by molar-refractivity contribution is 0.315. The average molecular weight is 963 g/mol. The summed E-state index contributed by atoms with van der Waals surface area (Å²) in [6.45, 7) is 36.1. The molecule has 0 aromatic carbocycles. The molecular weight excluding hydrogens is 897 g/mol. The summed E-state index contributed by atoms with van der Waals surface area (Å²) in [4.78, 5) is 83.6. The van der Waals surface area contributed by atoms with Crippen LogP contribution in [0, 0.1) is 0 Å². The number of nitrogens with one attached hydrogen (secondary N) is 2. The summed E-state index contributed by atoms with van der Waals surface area (Å²) < 4.78 is 0. The Morgan fingerprint density at radius 3 is 0.569 bits per heavy atom. The van der Waals surface area contributed by atoms with E-state index in [-0.39, 0.29) is 43.3 Å². The van der Waals surface area contributed by atoms with E-state index in [9.17, 15) is 0 Å². The fourth-order valence-corrected chi connectivity index (χ4v) is 12.2. The van der Waals surface area contributed by atoms with E-state index in [1.165, 1.54) is 0 Å². The van der Waals surface area contributed by atoms with Crippen LogP contribution in [0.25, 0.3) is 90.7 Å². The molecule has 2 aliphatic heterocycles. The molecule has 2 N–H and O–H groups in total. The predicted molar refractivity (Wildman–Crippen MR) is 280 cm³/mol. The van der Waals surface area contributed by atoms with Gasteiger partial charge in [0.15, 0.2) is 45.9 Å². The standard InChI is InChI=1S/C56H66N16/c1-49(2)17-18-50(3,4)34-33(49)57-25-26(58-34)42-65-41(25)69-43-27-28(60-36-35(59-27)51(5,6)19-20-52(36,7)8)45(66-43)71-47-31-32(64-40-39(63-31)55(13,14)23-24-56(40,15)16)48(68-47)72-46-30-29(44(67-46)70-42)61-37-38(62-30)54(11,12)22-21-53(37,9)10/h17-24H2,1-16H3,(H2,65,66,67,68,69,70,71,72). The van der Waals surface area contributed by atoms with Crippen LogP contribution in [0.4, 0.5) is 0 Å². The molecule has 16 nitrogen and oxygen atoms in total. The molecule has 0 atom stereocenters. The zero-order valence-corrected chi connectivity index (χ0v) is 44.9. The molecule has 0 radical (unpaired) electrons. The second-order valence-electron chi connectivity index (χ2n) is 27.2. The van der Waals surface area contributed by atoms with Crippen molar-refractivity contribution >= 4 is 44.7 Å². The van der Waals surface area contributed by atoms with Crippen LogP contribution in [0.5, 0.6) is 0 Å². The highest BCUT2D eigenvalue weighted by Crippen LogP contribution is 2.50. The predicted octanol–water partition coefficient (Wildman–Crippen LogP) is 11.4. The summed E-state index contributed by atoms with van der Waals surface area (Å²) >= 11 is 0. The quantitative estimate of drug-likeness (QED) is 0.145. The van der Waals surface area contributed by atoms with Gasteiger partial charge in [0, 0.05) is 43.3 Å². The van der Waals surface area contributed by atoms with Gasteiger partial charge in [0.1, 0.15) is 44.8 Å². The molecule has 4 aliphatic carbocycles. The molecule has 13 rings (SSSR count). The Bertz CT molecular complexity index is 3310. The van der Waals surface area contributed by atoms with E-state index in [4.69, 9.17) is 69.8 Å². The van der Waals surface area contributed by atoms with Gasteiger partial charge in [-0.1, -0.05) is 111 Å². The van der Waals surface area contributed by atoms with Gasteiger partial charge in [0.05, 0.1) is 45.6 Å². The highest BCUT2D eigenvalue weighted by molar-refractivity contribution is 6.01. The van der Waals surface area contributed by atoms with Crippen LogP contribution < -0.4 is 0 Å². The lowest BCUT2D eigenvalue weighted by Gasteiger charge is -2.39. The Hall–Kier alpha value is -6.32. The van der Waals surface area contributed by atoms with Gasteiger partial charge in [0.25, 0.3) is 0 Å². The summed E-state index contributed by atoms with van der Waals surface area (Å²) in [6.07, 6.45) is 7.75. The number of aromatic amines is 2. The molecule has 8 bridgehead atoms. The van der Waals surface area contributed by atoms with E-state index >= 15 is 0 Å². The van der Waals surface area contributed by atoms with Crippen molar-refractivity contribution in [3.63, 3.8) is 0 Å². The fraction of sp³-hybridized carbons (Fsp3) is 0.571. The Morgan fingerprint density at radius 2 is 0.389 bits per heavy atom. The minimum Gasteiger partial charge on any atom is -0.321 e. The number of rotatable bonds is 0. The molecule has 0 saturated carbocycles. The van der Waals surface area contributed by atoms with Crippen molar-refractivity contribution in [2.75, 3.05) is 0 Å². The summed E-state index contributed by atoms with van der Waals surface area (Å²) in [5.74, 6) is 1.47. The van der Waals surface area contributed by atoms with E-state index < -0.39 is 0 Å². The van der Waals surface area contributed by atoms with Crippen LogP contribution in [0.1, 0.15) is 208 Å². The summed E-state index contributed by atoms with van der Waals surface area (Å²) in [5.41, 5.74) is 12.2. The molecule has 0 unspecified atom stereocenters. The van der Waals surface area contributed by atoms with Crippen LogP contribution in [0.2, 0.25) is 0 Å². The smallest absolute Gasteiger partial charge is 0.184 e. The SMILES string of the molecule is CC1(C)CCC(C)(C)c2nc3c(nc21)-c1nc-3nc2[nH]c(nc3nc(nc4[nH]c(n1)c1nc5c(nc41)C(C)(C)CCC5(C)C)-c1nc4c(nc1-3)C(C)(C)CCC4(C)C)c1nc3c(nc21)C(C)(C)CCC3(C)C. The maximum Gasteiger partial charge on any atom is 0.184 e. The molecule has 0 spiro atoms. The lowest BCUT2D eigenvalue weighted by Crippen LogP contribution is -2.36. The zero-order chi connectivity index (χ0) is 50.8. The second kappa shape index (κ2) is 13.8. The highest BCUT2D eigenvalue weighted by Gasteiger charge is 2.46. The van der Waals surface area contributed by atoms with Gasteiger partial charge in [-0.3, -0.25) is 0 Å². The Labute approximate surface area is 419 Å². The monoisotopic (exact) mass is 963 g/mol. The maximum absolute atomic E-state index is 5.52. The summed E-state index contributed by atoms with van der Waals surface area (Å²) in [5, 5.41) is 0. The summed E-state index contributed by atoms with van der Waals surface area (Å²) in [6, 6.07) is 0. The third-order valence-corrected chi connectivity index (χ3v) is 17.7. The molecular formula is C56H66N16. The molecule has 16 heteroatoms. The van der Waals surface area contributed by atoms with Crippen molar-refractivity contribution in [2.45, 2.75) is 205 Å². The topological polar surface area (TPSA) is 212 Å². The second-order valence-corrected chi connectivity index (χ2v) is 27.2. The van der Waals surface area contributed by atoms with Crippen molar-refractivity contribution in [1.29, 1.82) is 0 Å². The van der Waals surface area contributed by atoms with Crippen LogP contribution in [-0.4, -0.2) is 79.7 Å². The van der Waals surface area contributed by atoms with E-state index in [1.54, 1.807) is 0 Å². The van der Waals surface area contributed by atoms with Gasteiger partial charge in [-0.2, -0.15) is 0 Å². The fourth-order valence-electron chi connectivity index (χ4n) is 12.2. The van der Waals surface area contributed by atoms with E-state index in [1.807, 2.05) is 0 Å². The minimum absolute atomic E-state index is 0.229. The lowest BCUT2D eigenvalue weighted by atomic mass is 9.67. The first kappa shape index (κ1) is 45.5. The normalized spacial score (nSPS) is 21.8. The zero-order valence-electron chi connectivity index (χ0n) is 44.9. The number of fused-ring (bicyclic) bond motifs is 24. The number of H-pyrrole nitrogens is 2. The van der Waals surface area contributed by atoms with E-state index in [0.717, 1.165) is 96.9 Å². The van der Waals surface area contributed by atoms with Gasteiger partial charge in [-0.15, -0.1) is 0 Å². The average Bonchev–Trinajstić information content (AvgIpc) is 4.03. The van der Waals surface area contributed by atoms with Gasteiger partial charge < -0.3 is 9.97 Å². The van der Waals surface area contributed by atoms with Crippen molar-refractivity contribution in [3.8, 4) is 46.1 Å². The molecule has 6 aliphatic rings. The number of aromatic nitrogens is 16. The first-order valence-corrected chi connectivity index (χ1v) is 26.1. The number of hydrogen-bond donors (Lipinski definition) is 2. The largest absolute Gasteiger partial charge is 0.321 e. The van der Waals surface area contributed by atoms with Gasteiger partial charge in [0.2, 0.25) is 0 Å². The first-order valence-electron chi connectivity index (χ1n) is 26.1. The molecule has 0 fully saturated rings. The van der Waals surface area contributed by atoms with E-state index in [0.29, 0.717) is 90.7 Å². The third-order valence-electron chi connectivity index (χ3n) is 17.7. The Kier molecular flexibility index (Phi) is 8.75. The van der Waals surface area contributed by atoms with Crippen molar-refractivity contribution in [1.82, 2.24) is 79.7 Å². The molecule has 0 saturated heterocycles. The number of hydrogen-bond acceptors (Lipinski definition) is 14. The molecule has 0 amide bonds. The Morgan fingerprint density at radius 1 is 0.222 bits per heavy atom. The van der Waals surface area contributed by atoms with Crippen molar-refractivity contribution in [2.24, 2.45) is 0 Å². The minimum atomic E-state index is -0.232. The van der Waals surface area contributed by atoms with Gasteiger partial charge in [-0.25, -0.2) is 69.8 Å². The molecule has 370 valence electrons. The van der Waals surface area contributed by atoms with Crippen molar-refractivity contribution < 1.29 is 0 Å². The number of nitrogens with zero attached hydrogens (tertiary/aromatic N) is 14.